The van der Waals surface area contributed by atoms with Crippen LogP contribution in [0.4, 0.5) is 15.8 Å². The van der Waals surface area contributed by atoms with Crippen molar-refractivity contribution < 1.29 is 14.1 Å². The number of para-hydroxylation sites is 1. The number of alkyl halides is 1. The van der Waals surface area contributed by atoms with E-state index >= 15 is 0 Å². The zero-order valence-corrected chi connectivity index (χ0v) is 10.9. The second-order valence-corrected chi connectivity index (χ2v) is 4.74. The van der Waals surface area contributed by atoms with Crippen molar-refractivity contribution in [1.82, 2.24) is 0 Å². The number of nitrogens with zero attached hydrogens (tertiary/aromatic N) is 2. The maximum Gasteiger partial charge on any atom is 0.296 e. The highest BCUT2D eigenvalue weighted by Gasteiger charge is 2.35. The second kappa shape index (κ2) is 5.01. The molecule has 0 saturated carbocycles. The first-order chi connectivity index (χ1) is 8.54. The summed E-state index contributed by atoms with van der Waals surface area (Å²) in [5, 5.41) is 11.5. The van der Waals surface area contributed by atoms with E-state index in [9.17, 15) is 19.3 Å². The van der Waals surface area contributed by atoms with Gasteiger partial charge in [0.05, 0.1) is 4.92 Å². The predicted molar refractivity (Wildman–Crippen MR) is 67.3 cm³/mol. The van der Waals surface area contributed by atoms with Crippen LogP contribution in [-0.4, -0.2) is 22.7 Å². The Labute approximate surface area is 111 Å². The van der Waals surface area contributed by atoms with Crippen molar-refractivity contribution in [2.45, 2.75) is 6.42 Å². The fourth-order valence-electron chi connectivity index (χ4n) is 2.02. The van der Waals surface area contributed by atoms with Gasteiger partial charge in [-0.05, 0) is 12.0 Å². The third-order valence-electron chi connectivity index (χ3n) is 2.86. The number of nitro groups is 1. The Kier molecular flexibility index (Phi) is 3.60. The topological polar surface area (TPSA) is 63.5 Å². The van der Waals surface area contributed by atoms with Gasteiger partial charge in [-0.1, -0.05) is 22.0 Å². The first kappa shape index (κ1) is 12.9. The monoisotopic (exact) mass is 316 g/mol. The van der Waals surface area contributed by atoms with E-state index in [2.05, 4.69) is 15.9 Å². The minimum Gasteiger partial charge on any atom is -0.304 e. The van der Waals surface area contributed by atoms with Crippen LogP contribution in [0.5, 0.6) is 0 Å². The third-order valence-corrected chi connectivity index (χ3v) is 3.77. The lowest BCUT2D eigenvalue weighted by Crippen LogP contribution is -2.26. The molecule has 0 aromatic heterocycles. The summed E-state index contributed by atoms with van der Waals surface area (Å²) in [6.07, 6.45) is 0.275. The lowest BCUT2D eigenvalue weighted by molar-refractivity contribution is -0.384. The summed E-state index contributed by atoms with van der Waals surface area (Å²) in [5.41, 5.74) is -0.602. The Morgan fingerprint density at radius 1 is 1.56 bits per heavy atom. The van der Waals surface area contributed by atoms with Gasteiger partial charge >= 0.3 is 0 Å². The average Bonchev–Trinajstić information content (AvgIpc) is 2.70. The molecule has 0 spiro atoms. The number of carbonyl (C=O) groups excluding carboxylic acids is 1. The molecule has 1 aliphatic heterocycles. The number of hydrogen-bond donors (Lipinski definition) is 0. The highest BCUT2D eigenvalue weighted by molar-refractivity contribution is 9.09. The van der Waals surface area contributed by atoms with Crippen LogP contribution in [0.25, 0.3) is 0 Å². The first-order valence-corrected chi connectivity index (χ1v) is 6.46. The van der Waals surface area contributed by atoms with E-state index in [0.717, 1.165) is 6.07 Å². The molecule has 5 nitrogen and oxygen atoms in total. The molecule has 1 amide bonds. The summed E-state index contributed by atoms with van der Waals surface area (Å²) in [5.74, 6) is -0.975. The van der Waals surface area contributed by atoms with Crippen LogP contribution in [0.15, 0.2) is 18.2 Å². The van der Waals surface area contributed by atoms with E-state index in [1.165, 1.54) is 17.0 Å². The smallest absolute Gasteiger partial charge is 0.296 e. The van der Waals surface area contributed by atoms with Crippen LogP contribution in [0.3, 0.4) is 0 Å². The van der Waals surface area contributed by atoms with Gasteiger partial charge in [-0.3, -0.25) is 14.9 Å². The summed E-state index contributed by atoms with van der Waals surface area (Å²) in [7, 11) is 0. The number of hydrogen-bond acceptors (Lipinski definition) is 3. The van der Waals surface area contributed by atoms with Gasteiger partial charge in [0.2, 0.25) is 5.91 Å². The summed E-state index contributed by atoms with van der Waals surface area (Å²) in [6, 6.07) is 3.59. The molecule has 1 aliphatic rings. The van der Waals surface area contributed by atoms with Crippen molar-refractivity contribution in [1.29, 1.82) is 0 Å². The van der Waals surface area contributed by atoms with Crippen LogP contribution in [0.1, 0.15) is 6.42 Å². The molecule has 1 aromatic carbocycles. The fraction of sp³-hybridized carbons (Fsp3) is 0.364. The van der Waals surface area contributed by atoms with Crippen molar-refractivity contribution >= 4 is 33.2 Å². The van der Waals surface area contributed by atoms with Crippen LogP contribution in [-0.2, 0) is 4.79 Å². The van der Waals surface area contributed by atoms with Gasteiger partial charge in [0.15, 0.2) is 11.5 Å². The van der Waals surface area contributed by atoms with E-state index in [0.29, 0.717) is 11.9 Å². The number of anilines is 1. The largest absolute Gasteiger partial charge is 0.304 e. The van der Waals surface area contributed by atoms with Gasteiger partial charge in [-0.2, -0.15) is 0 Å². The molecule has 1 fully saturated rings. The Balaban J connectivity index is 2.45. The van der Waals surface area contributed by atoms with E-state index in [-0.39, 0.29) is 29.6 Å². The average molecular weight is 317 g/mol. The standard InChI is InChI=1S/C11H10BrFN2O3/c12-5-7-4-10(16)14(6-7)11-8(13)2-1-3-9(11)15(17)18/h1-3,7H,4-6H2. The van der Waals surface area contributed by atoms with E-state index < -0.39 is 10.7 Å². The van der Waals surface area contributed by atoms with Gasteiger partial charge in [0.25, 0.3) is 5.69 Å². The van der Waals surface area contributed by atoms with Crippen molar-refractivity contribution in [3.63, 3.8) is 0 Å². The van der Waals surface area contributed by atoms with E-state index in [1.54, 1.807) is 0 Å². The van der Waals surface area contributed by atoms with Crippen molar-refractivity contribution in [3.05, 3.63) is 34.1 Å². The van der Waals surface area contributed by atoms with Crippen LogP contribution in [0.2, 0.25) is 0 Å². The summed E-state index contributed by atoms with van der Waals surface area (Å²) in [6.45, 7) is 0.297. The summed E-state index contributed by atoms with van der Waals surface area (Å²) < 4.78 is 13.8. The zero-order valence-electron chi connectivity index (χ0n) is 9.31. The molecule has 1 atom stereocenters. The van der Waals surface area contributed by atoms with Gasteiger partial charge in [0, 0.05) is 24.4 Å². The molecular weight excluding hydrogens is 307 g/mol. The van der Waals surface area contributed by atoms with Crippen LogP contribution in [0, 0.1) is 21.8 Å². The lowest BCUT2D eigenvalue weighted by atomic mass is 10.2. The number of nitro benzene ring substituents is 1. The molecule has 2 rings (SSSR count). The highest BCUT2D eigenvalue weighted by Crippen LogP contribution is 2.35. The molecule has 7 heteroatoms. The Bertz CT molecular complexity index is 509. The highest BCUT2D eigenvalue weighted by atomic mass is 79.9. The SMILES string of the molecule is O=C1CC(CBr)CN1c1c(F)cccc1[N+](=O)[O-]. The van der Waals surface area contributed by atoms with Gasteiger partial charge in [0.1, 0.15) is 0 Å². The maximum absolute atomic E-state index is 13.8. The Morgan fingerprint density at radius 3 is 2.83 bits per heavy atom. The molecule has 0 bridgehead atoms. The lowest BCUT2D eigenvalue weighted by Gasteiger charge is -2.16. The molecule has 0 aliphatic carbocycles. The van der Waals surface area contributed by atoms with Crippen LogP contribution < -0.4 is 4.90 Å². The molecule has 0 N–H and O–H groups in total. The zero-order chi connectivity index (χ0) is 13.3. The summed E-state index contributed by atoms with van der Waals surface area (Å²) in [4.78, 5) is 23.2. The molecule has 1 heterocycles. The molecule has 1 saturated heterocycles. The fourth-order valence-corrected chi connectivity index (χ4v) is 2.45. The minimum atomic E-state index is -0.743. The molecule has 1 aromatic rings. The van der Waals surface area contributed by atoms with Crippen LogP contribution >= 0.6 is 15.9 Å². The summed E-state index contributed by atoms with van der Waals surface area (Å²) >= 11 is 3.26. The third kappa shape index (κ3) is 2.22. The van der Waals surface area contributed by atoms with Gasteiger partial charge in [-0.25, -0.2) is 4.39 Å². The maximum atomic E-state index is 13.8. The van der Waals surface area contributed by atoms with Gasteiger partial charge in [-0.15, -0.1) is 0 Å². The number of halogens is 2. The van der Waals surface area contributed by atoms with E-state index in [1.807, 2.05) is 0 Å². The molecule has 18 heavy (non-hydrogen) atoms. The molecular formula is C11H10BrFN2O3. The molecule has 96 valence electrons. The predicted octanol–water partition coefficient (Wildman–Crippen LogP) is 2.48. The normalized spacial score (nSPS) is 19.3. The number of amides is 1. The Morgan fingerprint density at radius 2 is 2.28 bits per heavy atom. The molecule has 0 radical (unpaired) electrons. The molecule has 1 unspecified atom stereocenters. The van der Waals surface area contributed by atoms with Crippen molar-refractivity contribution in [2.24, 2.45) is 5.92 Å². The van der Waals surface area contributed by atoms with Crippen molar-refractivity contribution in [3.8, 4) is 0 Å². The minimum absolute atomic E-state index is 0.0525. The number of rotatable bonds is 3. The second-order valence-electron chi connectivity index (χ2n) is 4.09. The Hall–Kier alpha value is -1.50. The van der Waals surface area contributed by atoms with E-state index in [4.69, 9.17) is 0 Å². The van der Waals surface area contributed by atoms with Crippen molar-refractivity contribution in [2.75, 3.05) is 16.8 Å². The van der Waals surface area contributed by atoms with Gasteiger partial charge < -0.3 is 4.90 Å². The number of benzene rings is 1. The quantitative estimate of drug-likeness (QED) is 0.489. The number of carbonyl (C=O) groups is 1. The first-order valence-electron chi connectivity index (χ1n) is 5.33.